The first-order valence-electron chi connectivity index (χ1n) is 7.89. The molecule has 0 saturated carbocycles. The van der Waals surface area contributed by atoms with Gasteiger partial charge in [0.05, 0.1) is 0 Å². The largest absolute Gasteiger partial charge is 0.444 e. The number of nitrogens with zero attached hydrogens (tertiary/aromatic N) is 1. The molecule has 1 fully saturated rings. The minimum absolute atomic E-state index is 0.133. The van der Waals surface area contributed by atoms with Crippen LogP contribution in [0.2, 0.25) is 0 Å². The number of carbonyl (C=O) groups excluding carboxylic acids is 1. The Morgan fingerprint density at radius 2 is 2.14 bits per heavy atom. The van der Waals surface area contributed by atoms with Crippen LogP contribution in [0, 0.1) is 0 Å². The molecule has 5 heteroatoms. The molecule has 1 aliphatic heterocycles. The Hall–Kier alpha value is -1.75. The standard InChI is InChI=1S/C17H27N3O2/c1-17(2,3)22-16(21)19-14-8-6-10-20(12-14)11-13-7-4-5-9-15(13)18/h4-5,7,9,14H,6,8,10-12,18H2,1-3H3,(H,19,21)/t14-/m0/s1. The van der Waals surface area contributed by atoms with Crippen molar-refractivity contribution in [3.05, 3.63) is 29.8 Å². The summed E-state index contributed by atoms with van der Waals surface area (Å²) in [6, 6.07) is 8.07. The first-order valence-corrected chi connectivity index (χ1v) is 7.89. The Kier molecular flexibility index (Phi) is 5.29. The minimum Gasteiger partial charge on any atom is -0.444 e. The molecule has 0 unspecified atom stereocenters. The van der Waals surface area contributed by atoms with E-state index in [1.165, 1.54) is 0 Å². The maximum Gasteiger partial charge on any atom is 0.407 e. The van der Waals surface area contributed by atoms with Crippen molar-refractivity contribution >= 4 is 11.8 Å². The highest BCUT2D eigenvalue weighted by Gasteiger charge is 2.24. The summed E-state index contributed by atoms with van der Waals surface area (Å²) in [7, 11) is 0. The van der Waals surface area contributed by atoms with Crippen molar-refractivity contribution in [2.24, 2.45) is 0 Å². The average Bonchev–Trinajstić information content (AvgIpc) is 2.39. The van der Waals surface area contributed by atoms with Crippen LogP contribution in [0.1, 0.15) is 39.2 Å². The number of hydrogen-bond acceptors (Lipinski definition) is 4. The Morgan fingerprint density at radius 3 is 2.82 bits per heavy atom. The lowest BCUT2D eigenvalue weighted by atomic mass is 10.0. The van der Waals surface area contributed by atoms with Gasteiger partial charge in [0, 0.05) is 24.8 Å². The molecule has 5 nitrogen and oxygen atoms in total. The zero-order chi connectivity index (χ0) is 16.2. The maximum absolute atomic E-state index is 11.9. The number of nitrogens with one attached hydrogen (secondary N) is 1. The third-order valence-electron chi connectivity index (χ3n) is 3.68. The molecule has 1 atom stereocenters. The third-order valence-corrected chi connectivity index (χ3v) is 3.68. The SMILES string of the molecule is CC(C)(C)OC(=O)N[C@H]1CCCN(Cc2ccccc2N)C1. The van der Waals surface area contributed by atoms with E-state index in [0.29, 0.717) is 0 Å². The number of hydrogen-bond donors (Lipinski definition) is 2. The zero-order valence-corrected chi connectivity index (χ0v) is 13.8. The van der Waals surface area contributed by atoms with E-state index in [9.17, 15) is 4.79 Å². The summed E-state index contributed by atoms with van der Waals surface area (Å²) in [5.41, 5.74) is 7.51. The number of nitrogens with two attached hydrogens (primary N) is 1. The molecule has 0 aliphatic carbocycles. The Morgan fingerprint density at radius 1 is 1.41 bits per heavy atom. The van der Waals surface area contributed by atoms with E-state index in [1.807, 2.05) is 39.0 Å². The van der Waals surface area contributed by atoms with Crippen LogP contribution in [0.3, 0.4) is 0 Å². The molecule has 2 rings (SSSR count). The van der Waals surface area contributed by atoms with Gasteiger partial charge in [0.25, 0.3) is 0 Å². The second-order valence-corrected chi connectivity index (χ2v) is 6.92. The molecule has 1 aromatic rings. The van der Waals surface area contributed by atoms with E-state index < -0.39 is 5.60 Å². The first-order chi connectivity index (χ1) is 10.3. The van der Waals surface area contributed by atoms with E-state index in [4.69, 9.17) is 10.5 Å². The molecule has 0 aromatic heterocycles. The maximum atomic E-state index is 11.9. The predicted octanol–water partition coefficient (Wildman–Crippen LogP) is 2.76. The number of carbonyl (C=O) groups is 1. The number of likely N-dealkylation sites (tertiary alicyclic amines) is 1. The van der Waals surface area contributed by atoms with Crippen molar-refractivity contribution in [2.45, 2.75) is 51.8 Å². The van der Waals surface area contributed by atoms with Gasteiger partial charge in [0.2, 0.25) is 0 Å². The third kappa shape index (κ3) is 5.22. The molecule has 0 spiro atoms. The fourth-order valence-electron chi connectivity index (χ4n) is 2.71. The molecule has 1 heterocycles. The number of rotatable bonds is 3. The topological polar surface area (TPSA) is 67.6 Å². The number of alkyl carbamates (subject to hydrolysis) is 1. The summed E-state index contributed by atoms with van der Waals surface area (Å²) in [6.07, 6.45) is 1.71. The normalized spacial score (nSPS) is 19.7. The summed E-state index contributed by atoms with van der Waals surface area (Å²) in [4.78, 5) is 14.2. The van der Waals surface area contributed by atoms with Crippen LogP contribution in [0.5, 0.6) is 0 Å². The van der Waals surface area contributed by atoms with Crippen molar-refractivity contribution in [3.63, 3.8) is 0 Å². The number of anilines is 1. The second kappa shape index (κ2) is 7.01. The molecule has 1 aliphatic rings. The molecule has 1 aromatic carbocycles. The predicted molar refractivity (Wildman–Crippen MR) is 88.5 cm³/mol. The van der Waals surface area contributed by atoms with Crippen LogP contribution in [0.15, 0.2) is 24.3 Å². The Labute approximate surface area is 132 Å². The molecule has 122 valence electrons. The smallest absolute Gasteiger partial charge is 0.407 e. The fraction of sp³-hybridized carbons (Fsp3) is 0.588. The summed E-state index contributed by atoms with van der Waals surface area (Å²) in [6.45, 7) is 8.29. The molecule has 1 amide bonds. The van der Waals surface area contributed by atoms with E-state index in [2.05, 4.69) is 16.3 Å². The summed E-state index contributed by atoms with van der Waals surface area (Å²) in [5, 5.41) is 2.97. The van der Waals surface area contributed by atoms with Gasteiger partial charge in [-0.3, -0.25) is 4.90 Å². The van der Waals surface area contributed by atoms with Gasteiger partial charge in [-0.25, -0.2) is 4.79 Å². The summed E-state index contributed by atoms with van der Waals surface area (Å²) >= 11 is 0. The fourth-order valence-corrected chi connectivity index (χ4v) is 2.71. The van der Waals surface area contributed by atoms with Gasteiger partial charge in [0.1, 0.15) is 5.60 Å². The van der Waals surface area contributed by atoms with Crippen molar-refractivity contribution in [1.29, 1.82) is 0 Å². The van der Waals surface area contributed by atoms with Crippen molar-refractivity contribution in [2.75, 3.05) is 18.8 Å². The molecule has 3 N–H and O–H groups in total. The Balaban J connectivity index is 1.87. The van der Waals surface area contributed by atoms with E-state index in [0.717, 1.165) is 43.7 Å². The number of nitrogen functional groups attached to an aromatic ring is 1. The van der Waals surface area contributed by atoms with Gasteiger partial charge in [-0.2, -0.15) is 0 Å². The number of amides is 1. The van der Waals surface area contributed by atoms with Crippen molar-refractivity contribution < 1.29 is 9.53 Å². The number of para-hydroxylation sites is 1. The van der Waals surface area contributed by atoms with Gasteiger partial charge in [0.15, 0.2) is 0 Å². The lowest BCUT2D eigenvalue weighted by molar-refractivity contribution is 0.0470. The average molecular weight is 305 g/mol. The molecular formula is C17H27N3O2. The van der Waals surface area contributed by atoms with Crippen LogP contribution in [-0.4, -0.2) is 35.7 Å². The van der Waals surface area contributed by atoms with Gasteiger partial charge >= 0.3 is 6.09 Å². The molecule has 0 bridgehead atoms. The lowest BCUT2D eigenvalue weighted by Gasteiger charge is -2.33. The zero-order valence-electron chi connectivity index (χ0n) is 13.8. The van der Waals surface area contributed by atoms with Crippen LogP contribution in [0.4, 0.5) is 10.5 Å². The Bertz CT molecular complexity index is 511. The first kappa shape index (κ1) is 16.6. The molecular weight excluding hydrogens is 278 g/mol. The minimum atomic E-state index is -0.461. The van der Waals surface area contributed by atoms with Gasteiger partial charge < -0.3 is 15.8 Å². The lowest BCUT2D eigenvalue weighted by Crippen LogP contribution is -2.48. The molecule has 0 radical (unpaired) electrons. The van der Waals surface area contributed by atoms with Gasteiger partial charge in [-0.05, 0) is 51.8 Å². The monoisotopic (exact) mass is 305 g/mol. The molecule has 1 saturated heterocycles. The highest BCUT2D eigenvalue weighted by atomic mass is 16.6. The van der Waals surface area contributed by atoms with Crippen molar-refractivity contribution in [1.82, 2.24) is 10.2 Å². The van der Waals surface area contributed by atoms with Crippen LogP contribution in [0.25, 0.3) is 0 Å². The van der Waals surface area contributed by atoms with E-state index >= 15 is 0 Å². The van der Waals surface area contributed by atoms with Gasteiger partial charge in [-0.1, -0.05) is 18.2 Å². The quantitative estimate of drug-likeness (QED) is 0.843. The molecule has 22 heavy (non-hydrogen) atoms. The van der Waals surface area contributed by atoms with Crippen LogP contribution >= 0.6 is 0 Å². The van der Waals surface area contributed by atoms with E-state index in [1.54, 1.807) is 0 Å². The summed E-state index contributed by atoms with van der Waals surface area (Å²) < 4.78 is 5.32. The van der Waals surface area contributed by atoms with E-state index in [-0.39, 0.29) is 12.1 Å². The number of ether oxygens (including phenoxy) is 1. The number of piperidine rings is 1. The van der Waals surface area contributed by atoms with Crippen molar-refractivity contribution in [3.8, 4) is 0 Å². The number of benzene rings is 1. The second-order valence-electron chi connectivity index (χ2n) is 6.92. The highest BCUT2D eigenvalue weighted by molar-refractivity contribution is 5.68. The van der Waals surface area contributed by atoms with Crippen LogP contribution < -0.4 is 11.1 Å². The highest BCUT2D eigenvalue weighted by Crippen LogP contribution is 2.18. The summed E-state index contributed by atoms with van der Waals surface area (Å²) in [5.74, 6) is 0. The van der Waals surface area contributed by atoms with Crippen LogP contribution in [-0.2, 0) is 11.3 Å². The van der Waals surface area contributed by atoms with Gasteiger partial charge in [-0.15, -0.1) is 0 Å².